The molecule has 2 unspecified atom stereocenters. The molecule has 1 aliphatic rings. The number of nitrogens with one attached hydrogen (secondary N) is 2. The second-order valence-corrected chi connectivity index (χ2v) is 7.18. The predicted molar refractivity (Wildman–Crippen MR) is 98.6 cm³/mol. The van der Waals surface area contributed by atoms with Crippen LogP contribution >= 0.6 is 11.3 Å². The summed E-state index contributed by atoms with van der Waals surface area (Å²) in [5.41, 5.74) is 2.21. The van der Waals surface area contributed by atoms with Crippen molar-refractivity contribution in [2.24, 2.45) is 0 Å². The molecule has 3 rings (SSSR count). The van der Waals surface area contributed by atoms with E-state index in [2.05, 4.69) is 44.8 Å². The molecule has 1 fully saturated rings. The van der Waals surface area contributed by atoms with E-state index < -0.39 is 0 Å². The van der Waals surface area contributed by atoms with Gasteiger partial charge in [0, 0.05) is 35.9 Å². The number of hydrogen-bond acceptors (Lipinski definition) is 4. The van der Waals surface area contributed by atoms with Crippen LogP contribution < -0.4 is 15.5 Å². The Kier molecular flexibility index (Phi) is 5.35. The summed E-state index contributed by atoms with van der Waals surface area (Å²) in [6, 6.07) is 10.4. The summed E-state index contributed by atoms with van der Waals surface area (Å²) in [5.74, 6) is 0. The highest BCUT2D eigenvalue weighted by molar-refractivity contribution is 7.09. The molecule has 1 aliphatic heterocycles. The molecule has 1 aromatic heterocycles. The zero-order valence-corrected chi connectivity index (χ0v) is 15.0. The van der Waals surface area contributed by atoms with Gasteiger partial charge < -0.3 is 15.5 Å². The number of anilines is 1. The molecule has 0 radical (unpaired) electrons. The van der Waals surface area contributed by atoms with E-state index in [0.29, 0.717) is 0 Å². The summed E-state index contributed by atoms with van der Waals surface area (Å²) in [7, 11) is 0. The molecule has 2 amide bonds. The van der Waals surface area contributed by atoms with E-state index in [-0.39, 0.29) is 18.1 Å². The number of thiazole rings is 1. The van der Waals surface area contributed by atoms with E-state index in [1.54, 1.807) is 11.3 Å². The molecule has 0 saturated carbocycles. The number of aryl methyl sites for hydroxylation is 1. The molecule has 1 saturated heterocycles. The summed E-state index contributed by atoms with van der Waals surface area (Å²) in [6.07, 6.45) is 2.10. The van der Waals surface area contributed by atoms with Crippen molar-refractivity contribution < 1.29 is 4.79 Å². The summed E-state index contributed by atoms with van der Waals surface area (Å²) >= 11 is 1.58. The summed E-state index contributed by atoms with van der Waals surface area (Å²) < 4.78 is 0. The van der Waals surface area contributed by atoms with Crippen LogP contribution in [0.4, 0.5) is 10.5 Å². The fraction of sp³-hybridized carbons (Fsp3) is 0.444. The number of nitrogens with zero attached hydrogens (tertiary/aromatic N) is 2. The summed E-state index contributed by atoms with van der Waals surface area (Å²) in [6.45, 7) is 5.82. The van der Waals surface area contributed by atoms with Crippen LogP contribution in [0.1, 0.15) is 36.5 Å². The van der Waals surface area contributed by atoms with Gasteiger partial charge in [-0.1, -0.05) is 18.2 Å². The van der Waals surface area contributed by atoms with Crippen molar-refractivity contribution in [1.82, 2.24) is 15.6 Å². The largest absolute Gasteiger partial charge is 0.369 e. The van der Waals surface area contributed by atoms with Gasteiger partial charge in [0.1, 0.15) is 5.01 Å². The molecule has 0 spiro atoms. The minimum Gasteiger partial charge on any atom is -0.369 e. The van der Waals surface area contributed by atoms with Crippen molar-refractivity contribution in [1.29, 1.82) is 0 Å². The molecule has 6 heteroatoms. The normalized spacial score (nSPS) is 18.9. The van der Waals surface area contributed by atoms with Crippen LogP contribution in [0.25, 0.3) is 0 Å². The lowest BCUT2D eigenvalue weighted by atomic mass is 10.1. The van der Waals surface area contributed by atoms with Gasteiger partial charge in [0.2, 0.25) is 0 Å². The zero-order chi connectivity index (χ0) is 16.9. The lowest BCUT2D eigenvalue weighted by molar-refractivity contribution is 0.232. The standard InChI is InChI=1S/C18H24N4OS/c1-13-12-24-17(19-13)14(2)20-18(23)21-15-7-6-10-22(11-15)16-8-4-3-5-9-16/h3-5,8-9,12,14-15H,6-7,10-11H2,1-2H3,(H2,20,21,23). The smallest absolute Gasteiger partial charge is 0.315 e. The van der Waals surface area contributed by atoms with Gasteiger partial charge >= 0.3 is 6.03 Å². The van der Waals surface area contributed by atoms with Gasteiger partial charge in [-0.05, 0) is 38.8 Å². The molecule has 0 aliphatic carbocycles. The third-order valence-corrected chi connectivity index (χ3v) is 5.38. The Morgan fingerprint density at radius 3 is 2.88 bits per heavy atom. The Balaban J connectivity index is 1.52. The fourth-order valence-corrected chi connectivity index (χ4v) is 3.83. The Bertz CT molecular complexity index is 673. The molecule has 128 valence electrons. The van der Waals surface area contributed by atoms with E-state index >= 15 is 0 Å². The molecular weight excluding hydrogens is 320 g/mol. The number of para-hydroxylation sites is 1. The van der Waals surface area contributed by atoms with Gasteiger partial charge in [0.25, 0.3) is 0 Å². The van der Waals surface area contributed by atoms with Gasteiger partial charge in [0.15, 0.2) is 0 Å². The van der Waals surface area contributed by atoms with Gasteiger partial charge in [-0.3, -0.25) is 0 Å². The van der Waals surface area contributed by atoms with E-state index in [0.717, 1.165) is 36.6 Å². The van der Waals surface area contributed by atoms with Crippen LogP contribution in [-0.2, 0) is 0 Å². The average molecular weight is 344 g/mol. The highest BCUT2D eigenvalue weighted by Crippen LogP contribution is 2.20. The number of urea groups is 1. The van der Waals surface area contributed by atoms with Crippen molar-refractivity contribution >= 4 is 23.1 Å². The first kappa shape index (κ1) is 16.8. The average Bonchev–Trinajstić information content (AvgIpc) is 3.02. The number of carbonyl (C=O) groups excluding carboxylic acids is 1. The minimum atomic E-state index is -0.115. The van der Waals surface area contributed by atoms with Crippen molar-refractivity contribution in [2.45, 2.75) is 38.8 Å². The number of hydrogen-bond donors (Lipinski definition) is 2. The molecule has 2 N–H and O–H groups in total. The molecule has 2 heterocycles. The third-order valence-electron chi connectivity index (χ3n) is 4.23. The summed E-state index contributed by atoms with van der Waals surface area (Å²) in [4.78, 5) is 19.0. The summed E-state index contributed by atoms with van der Waals surface area (Å²) in [5, 5.41) is 9.05. The monoisotopic (exact) mass is 344 g/mol. The number of piperidine rings is 1. The Morgan fingerprint density at radius 1 is 1.38 bits per heavy atom. The van der Waals surface area contributed by atoms with Crippen LogP contribution in [0.2, 0.25) is 0 Å². The highest BCUT2D eigenvalue weighted by atomic mass is 32.1. The van der Waals surface area contributed by atoms with E-state index in [4.69, 9.17) is 0 Å². The van der Waals surface area contributed by atoms with Crippen molar-refractivity contribution in [3.05, 3.63) is 46.4 Å². The first-order chi connectivity index (χ1) is 11.6. The minimum absolute atomic E-state index is 0.0717. The predicted octanol–water partition coefficient (Wildman–Crippen LogP) is 3.48. The topological polar surface area (TPSA) is 57.3 Å². The first-order valence-electron chi connectivity index (χ1n) is 8.41. The lowest BCUT2D eigenvalue weighted by Gasteiger charge is -2.35. The molecule has 2 atom stereocenters. The molecule has 2 aromatic rings. The molecular formula is C18H24N4OS. The third kappa shape index (κ3) is 4.26. The van der Waals surface area contributed by atoms with Crippen molar-refractivity contribution in [2.75, 3.05) is 18.0 Å². The number of benzene rings is 1. The van der Waals surface area contributed by atoms with E-state index in [1.165, 1.54) is 5.69 Å². The second-order valence-electron chi connectivity index (χ2n) is 6.29. The highest BCUT2D eigenvalue weighted by Gasteiger charge is 2.22. The maximum absolute atomic E-state index is 12.3. The molecule has 5 nitrogen and oxygen atoms in total. The molecule has 1 aromatic carbocycles. The number of aromatic nitrogens is 1. The fourth-order valence-electron chi connectivity index (χ4n) is 3.02. The van der Waals surface area contributed by atoms with Crippen LogP contribution in [-0.4, -0.2) is 30.1 Å². The van der Waals surface area contributed by atoms with Gasteiger partial charge in [-0.15, -0.1) is 11.3 Å². The van der Waals surface area contributed by atoms with Crippen LogP contribution in [0.15, 0.2) is 35.7 Å². The Hall–Kier alpha value is -2.08. The lowest BCUT2D eigenvalue weighted by Crippen LogP contribution is -2.50. The van der Waals surface area contributed by atoms with Crippen LogP contribution in [0, 0.1) is 6.92 Å². The quantitative estimate of drug-likeness (QED) is 0.893. The molecule has 24 heavy (non-hydrogen) atoms. The number of amides is 2. The Labute approximate surface area is 147 Å². The SMILES string of the molecule is Cc1csc(C(C)NC(=O)NC2CCCN(c3ccccc3)C2)n1. The first-order valence-corrected chi connectivity index (χ1v) is 9.29. The van der Waals surface area contributed by atoms with Gasteiger partial charge in [-0.25, -0.2) is 9.78 Å². The van der Waals surface area contributed by atoms with E-state index in [1.807, 2.05) is 25.3 Å². The zero-order valence-electron chi connectivity index (χ0n) is 14.2. The van der Waals surface area contributed by atoms with Crippen LogP contribution in [0.3, 0.4) is 0 Å². The maximum atomic E-state index is 12.3. The molecule has 0 bridgehead atoms. The van der Waals surface area contributed by atoms with Crippen molar-refractivity contribution in [3.63, 3.8) is 0 Å². The second kappa shape index (κ2) is 7.66. The van der Waals surface area contributed by atoms with Crippen LogP contribution in [0.5, 0.6) is 0 Å². The number of carbonyl (C=O) groups is 1. The Morgan fingerprint density at radius 2 is 2.17 bits per heavy atom. The van der Waals surface area contributed by atoms with Gasteiger partial charge in [0.05, 0.1) is 6.04 Å². The number of rotatable bonds is 4. The van der Waals surface area contributed by atoms with Crippen molar-refractivity contribution in [3.8, 4) is 0 Å². The van der Waals surface area contributed by atoms with Gasteiger partial charge in [-0.2, -0.15) is 0 Å². The van der Waals surface area contributed by atoms with E-state index in [9.17, 15) is 4.79 Å². The maximum Gasteiger partial charge on any atom is 0.315 e.